The molecule has 0 unspecified atom stereocenters. The van der Waals surface area contributed by atoms with E-state index in [2.05, 4.69) is 0 Å². The van der Waals surface area contributed by atoms with E-state index in [-0.39, 0.29) is 67.0 Å². The Balaban J connectivity index is 1.43. The van der Waals surface area contributed by atoms with Gasteiger partial charge in [0.25, 0.3) is 0 Å². The van der Waals surface area contributed by atoms with E-state index in [1.807, 2.05) is 91.0 Å². The lowest BCUT2D eigenvalue weighted by Crippen LogP contribution is -2.11. The first kappa shape index (κ1) is 36.3. The Morgan fingerprint density at radius 1 is 0.635 bits per heavy atom. The van der Waals surface area contributed by atoms with Crippen molar-refractivity contribution in [3.05, 3.63) is 148 Å². The SMILES string of the molecule is CCOP(=O)(COc1cc(-c2oc3cc(OCc4ccccc4)cc(O)c3c(=O)c2OCc2ccccc2)ccc1OCc1ccccc1)OCC. The molecule has 5 aromatic carbocycles. The van der Waals surface area contributed by atoms with Gasteiger partial charge in [0.1, 0.15) is 42.3 Å². The normalized spacial score (nSPS) is 11.3. The molecule has 1 N–H and O–H groups in total. The van der Waals surface area contributed by atoms with Crippen LogP contribution in [0.2, 0.25) is 0 Å². The van der Waals surface area contributed by atoms with Gasteiger partial charge in [-0.3, -0.25) is 9.36 Å². The van der Waals surface area contributed by atoms with Gasteiger partial charge in [0.2, 0.25) is 11.2 Å². The van der Waals surface area contributed by atoms with Crippen LogP contribution in [0.3, 0.4) is 0 Å². The summed E-state index contributed by atoms with van der Waals surface area (Å²) < 4.78 is 55.1. The summed E-state index contributed by atoms with van der Waals surface area (Å²) in [5, 5.41) is 11.0. The van der Waals surface area contributed by atoms with Gasteiger partial charge in [-0.25, -0.2) is 0 Å². The van der Waals surface area contributed by atoms with Crippen molar-refractivity contribution in [1.29, 1.82) is 0 Å². The highest BCUT2D eigenvalue weighted by Crippen LogP contribution is 2.49. The Kier molecular flexibility index (Phi) is 11.9. The van der Waals surface area contributed by atoms with Crippen LogP contribution in [0.1, 0.15) is 30.5 Å². The molecule has 0 saturated carbocycles. The molecule has 0 amide bonds. The third-order valence-corrected chi connectivity index (χ3v) is 9.60. The fourth-order valence-corrected chi connectivity index (χ4v) is 6.71. The molecular formula is C41H39O10P. The first-order valence-corrected chi connectivity index (χ1v) is 18.6. The van der Waals surface area contributed by atoms with E-state index < -0.39 is 19.4 Å². The van der Waals surface area contributed by atoms with Crippen molar-refractivity contribution >= 4 is 18.6 Å². The Morgan fingerprint density at radius 3 is 1.77 bits per heavy atom. The van der Waals surface area contributed by atoms with Crippen molar-refractivity contribution in [2.75, 3.05) is 19.6 Å². The minimum atomic E-state index is -3.62. The number of hydrogen-bond acceptors (Lipinski definition) is 10. The molecule has 11 heteroatoms. The number of hydrogen-bond donors (Lipinski definition) is 1. The molecule has 6 rings (SSSR count). The number of ether oxygens (including phenoxy) is 4. The predicted octanol–water partition coefficient (Wildman–Crippen LogP) is 9.51. The van der Waals surface area contributed by atoms with E-state index in [9.17, 15) is 14.5 Å². The summed E-state index contributed by atoms with van der Waals surface area (Å²) in [6.45, 7) is 4.27. The largest absolute Gasteiger partial charge is 0.507 e. The highest BCUT2D eigenvalue weighted by Gasteiger charge is 2.27. The van der Waals surface area contributed by atoms with Gasteiger partial charge in [0.05, 0.1) is 13.2 Å². The number of phenolic OH excluding ortho intramolecular Hbond substituents is 1. The van der Waals surface area contributed by atoms with Gasteiger partial charge >= 0.3 is 7.60 Å². The average molecular weight is 723 g/mol. The summed E-state index contributed by atoms with van der Waals surface area (Å²) in [6.07, 6.45) is -0.394. The van der Waals surface area contributed by atoms with Gasteiger partial charge in [-0.15, -0.1) is 0 Å². The van der Waals surface area contributed by atoms with Crippen LogP contribution in [-0.4, -0.2) is 24.7 Å². The van der Waals surface area contributed by atoms with Crippen LogP contribution in [0.15, 0.2) is 131 Å². The fourth-order valence-electron chi connectivity index (χ4n) is 5.40. The van der Waals surface area contributed by atoms with Crippen LogP contribution in [0.4, 0.5) is 0 Å². The average Bonchev–Trinajstić information content (AvgIpc) is 3.16. The lowest BCUT2D eigenvalue weighted by molar-refractivity contribution is 0.194. The molecule has 0 radical (unpaired) electrons. The van der Waals surface area contributed by atoms with Gasteiger partial charge < -0.3 is 37.5 Å². The number of benzene rings is 5. The van der Waals surface area contributed by atoms with Gasteiger partial charge in [0, 0.05) is 17.7 Å². The van der Waals surface area contributed by atoms with Gasteiger partial charge in [-0.05, 0) is 48.7 Å². The number of fused-ring (bicyclic) bond motifs is 1. The Morgan fingerprint density at radius 2 is 1.19 bits per heavy atom. The zero-order chi connectivity index (χ0) is 36.3. The standard InChI is InChI=1S/C41H39O10P/c1-3-49-52(44,50-4-2)28-48-36-22-32(20-21-35(36)46-26-30-16-10-6-11-17-30)40-41(47-27-31-18-12-7-13-19-31)39(43)38-34(42)23-33(24-37(38)51-40)45-25-29-14-8-5-9-15-29/h5-24,42H,3-4,25-28H2,1-2H3. The summed E-state index contributed by atoms with van der Waals surface area (Å²) >= 11 is 0. The van der Waals surface area contributed by atoms with Crippen molar-refractivity contribution in [2.45, 2.75) is 33.7 Å². The smallest absolute Gasteiger partial charge is 0.367 e. The molecule has 0 bridgehead atoms. The van der Waals surface area contributed by atoms with Crippen molar-refractivity contribution in [3.8, 4) is 40.1 Å². The molecule has 1 heterocycles. The molecule has 0 spiro atoms. The summed E-state index contributed by atoms with van der Waals surface area (Å²) in [5.74, 6) is 0.482. The van der Waals surface area contributed by atoms with E-state index >= 15 is 0 Å². The first-order valence-electron chi connectivity index (χ1n) is 16.8. The highest BCUT2D eigenvalue weighted by molar-refractivity contribution is 7.53. The van der Waals surface area contributed by atoms with Crippen molar-refractivity contribution in [3.63, 3.8) is 0 Å². The third-order valence-electron chi connectivity index (χ3n) is 7.85. The summed E-state index contributed by atoms with van der Waals surface area (Å²) in [4.78, 5) is 14.2. The summed E-state index contributed by atoms with van der Waals surface area (Å²) in [6, 6.07) is 36.4. The van der Waals surface area contributed by atoms with E-state index in [1.54, 1.807) is 38.1 Å². The maximum atomic E-state index is 14.2. The molecule has 10 nitrogen and oxygen atoms in total. The second-order valence-electron chi connectivity index (χ2n) is 11.6. The van der Waals surface area contributed by atoms with Crippen molar-refractivity contribution in [2.24, 2.45) is 0 Å². The molecule has 0 aliphatic rings. The molecule has 0 atom stereocenters. The first-order chi connectivity index (χ1) is 25.4. The molecule has 0 aliphatic carbocycles. The summed E-state index contributed by atoms with van der Waals surface area (Å²) in [5.41, 5.74) is 2.56. The molecule has 0 aliphatic heterocycles. The van der Waals surface area contributed by atoms with Crippen LogP contribution in [-0.2, 0) is 33.4 Å². The van der Waals surface area contributed by atoms with E-state index in [1.165, 1.54) is 6.07 Å². The molecular weight excluding hydrogens is 683 g/mol. The van der Waals surface area contributed by atoms with E-state index in [0.717, 1.165) is 16.7 Å². The number of rotatable bonds is 17. The fraction of sp³-hybridized carbons (Fsp3) is 0.195. The maximum Gasteiger partial charge on any atom is 0.367 e. The van der Waals surface area contributed by atoms with Gasteiger partial charge in [-0.2, -0.15) is 0 Å². The van der Waals surface area contributed by atoms with Crippen LogP contribution in [0.25, 0.3) is 22.3 Å². The second kappa shape index (κ2) is 17.1. The van der Waals surface area contributed by atoms with Crippen LogP contribution < -0.4 is 24.4 Å². The zero-order valence-corrected chi connectivity index (χ0v) is 29.8. The molecule has 0 saturated heterocycles. The Bertz CT molecular complexity index is 2180. The molecule has 1 aromatic heterocycles. The predicted molar refractivity (Wildman–Crippen MR) is 198 cm³/mol. The second-order valence-corrected chi connectivity index (χ2v) is 13.6. The number of phenols is 1. The van der Waals surface area contributed by atoms with Crippen molar-refractivity contribution < 1.29 is 42.1 Å². The van der Waals surface area contributed by atoms with Gasteiger partial charge in [-0.1, -0.05) is 91.0 Å². The Hall–Kier alpha value is -5.54. The van der Waals surface area contributed by atoms with Crippen LogP contribution >= 0.6 is 7.60 Å². The lowest BCUT2D eigenvalue weighted by atomic mass is 10.1. The third kappa shape index (κ3) is 9.03. The monoisotopic (exact) mass is 722 g/mol. The molecule has 268 valence electrons. The minimum Gasteiger partial charge on any atom is -0.507 e. The topological polar surface area (TPSA) is 123 Å². The zero-order valence-electron chi connectivity index (χ0n) is 28.9. The Labute approximate surface area is 301 Å². The van der Waals surface area contributed by atoms with E-state index in [0.29, 0.717) is 17.1 Å². The molecule has 6 aromatic rings. The molecule has 0 fully saturated rings. The highest BCUT2D eigenvalue weighted by atomic mass is 31.2. The van der Waals surface area contributed by atoms with Crippen molar-refractivity contribution in [1.82, 2.24) is 0 Å². The maximum absolute atomic E-state index is 14.2. The quantitative estimate of drug-likeness (QED) is 0.0911. The summed E-state index contributed by atoms with van der Waals surface area (Å²) in [7, 11) is -3.62. The molecule has 52 heavy (non-hydrogen) atoms. The minimum absolute atomic E-state index is 0.0522. The van der Waals surface area contributed by atoms with Crippen LogP contribution in [0, 0.1) is 0 Å². The number of aromatic hydroxyl groups is 1. The van der Waals surface area contributed by atoms with Crippen LogP contribution in [0.5, 0.6) is 28.7 Å². The van der Waals surface area contributed by atoms with Gasteiger partial charge in [0.15, 0.2) is 23.6 Å². The lowest BCUT2D eigenvalue weighted by Gasteiger charge is -2.20. The van der Waals surface area contributed by atoms with E-state index in [4.69, 9.17) is 32.4 Å².